The van der Waals surface area contributed by atoms with Gasteiger partial charge in [0.05, 0.1) is 12.5 Å². The SMILES string of the molecule is COc1ccc(-c2oc3ccc(Cl)cc3c(=O)c2OCC(=O)Nc2ccc(F)cc2)cc1. The number of methoxy groups -OCH3 is 1. The Morgan fingerprint density at radius 1 is 1.06 bits per heavy atom. The van der Waals surface area contributed by atoms with Gasteiger partial charge in [0.25, 0.3) is 5.91 Å². The minimum atomic E-state index is -0.525. The average Bonchev–Trinajstić information content (AvgIpc) is 2.80. The van der Waals surface area contributed by atoms with E-state index in [1.165, 1.54) is 30.3 Å². The van der Waals surface area contributed by atoms with Gasteiger partial charge in [-0.05, 0) is 66.7 Å². The van der Waals surface area contributed by atoms with Gasteiger partial charge in [-0.2, -0.15) is 0 Å². The Balaban J connectivity index is 1.68. The normalized spacial score (nSPS) is 10.7. The largest absolute Gasteiger partial charge is 0.497 e. The number of amides is 1. The van der Waals surface area contributed by atoms with Crippen LogP contribution in [0.15, 0.2) is 75.9 Å². The molecule has 0 aliphatic carbocycles. The summed E-state index contributed by atoms with van der Waals surface area (Å²) in [4.78, 5) is 25.5. The number of halogens is 2. The first-order valence-electron chi connectivity index (χ1n) is 9.53. The maximum Gasteiger partial charge on any atom is 0.262 e. The standard InChI is InChI=1S/C24H17ClFNO5/c1-30-18-9-2-14(3-10-18)23-24(22(29)19-12-15(25)4-11-20(19)32-23)31-13-21(28)27-17-7-5-16(26)6-8-17/h2-12H,13H2,1H3,(H,27,28). The van der Waals surface area contributed by atoms with Gasteiger partial charge in [-0.25, -0.2) is 4.39 Å². The minimum Gasteiger partial charge on any atom is -0.497 e. The zero-order valence-electron chi connectivity index (χ0n) is 16.9. The molecule has 3 aromatic carbocycles. The number of ether oxygens (including phenoxy) is 2. The predicted octanol–water partition coefficient (Wildman–Crippen LogP) is 5.28. The summed E-state index contributed by atoms with van der Waals surface area (Å²) in [5, 5.41) is 3.17. The Kier molecular flexibility index (Phi) is 6.09. The molecule has 162 valence electrons. The minimum absolute atomic E-state index is 0.126. The Bertz CT molecular complexity index is 1330. The molecule has 0 saturated carbocycles. The summed E-state index contributed by atoms with van der Waals surface area (Å²) in [6.45, 7) is -0.461. The van der Waals surface area contributed by atoms with E-state index in [0.29, 0.717) is 27.6 Å². The summed E-state index contributed by atoms with van der Waals surface area (Å²) >= 11 is 6.04. The molecule has 0 aliphatic heterocycles. The van der Waals surface area contributed by atoms with Gasteiger partial charge in [0.2, 0.25) is 11.2 Å². The highest BCUT2D eigenvalue weighted by Gasteiger charge is 2.19. The molecule has 1 amide bonds. The van der Waals surface area contributed by atoms with Crippen molar-refractivity contribution in [3.05, 3.63) is 87.8 Å². The van der Waals surface area contributed by atoms with Crippen LogP contribution in [-0.4, -0.2) is 19.6 Å². The summed E-state index contributed by atoms with van der Waals surface area (Å²) in [5.74, 6) is -0.273. The van der Waals surface area contributed by atoms with E-state index in [1.54, 1.807) is 43.5 Å². The van der Waals surface area contributed by atoms with Gasteiger partial charge in [0, 0.05) is 16.3 Å². The molecule has 0 radical (unpaired) electrons. The molecule has 0 unspecified atom stereocenters. The van der Waals surface area contributed by atoms with E-state index in [2.05, 4.69) is 5.32 Å². The molecule has 1 N–H and O–H groups in total. The first kappa shape index (κ1) is 21.4. The number of carbonyl (C=O) groups is 1. The highest BCUT2D eigenvalue weighted by molar-refractivity contribution is 6.31. The van der Waals surface area contributed by atoms with Crippen molar-refractivity contribution in [3.8, 4) is 22.8 Å². The van der Waals surface area contributed by atoms with E-state index < -0.39 is 23.8 Å². The van der Waals surface area contributed by atoms with Crippen LogP contribution in [-0.2, 0) is 4.79 Å². The maximum absolute atomic E-state index is 13.2. The Hall–Kier alpha value is -3.84. The van der Waals surface area contributed by atoms with Crippen LogP contribution in [0.25, 0.3) is 22.3 Å². The van der Waals surface area contributed by atoms with Crippen LogP contribution in [0.2, 0.25) is 5.02 Å². The first-order valence-corrected chi connectivity index (χ1v) is 9.91. The maximum atomic E-state index is 13.2. The van der Waals surface area contributed by atoms with Crippen molar-refractivity contribution in [2.45, 2.75) is 0 Å². The number of hydrogen-bond donors (Lipinski definition) is 1. The number of nitrogens with one attached hydrogen (secondary N) is 1. The number of anilines is 1. The molecule has 0 saturated heterocycles. The van der Waals surface area contributed by atoms with Gasteiger partial charge < -0.3 is 19.2 Å². The molecule has 0 atom stereocenters. The van der Waals surface area contributed by atoms with Crippen molar-refractivity contribution in [1.82, 2.24) is 0 Å². The molecule has 1 aromatic heterocycles. The Labute approximate surface area is 187 Å². The second-order valence-corrected chi connectivity index (χ2v) is 7.24. The molecule has 0 bridgehead atoms. The molecular formula is C24H17ClFNO5. The van der Waals surface area contributed by atoms with E-state index in [9.17, 15) is 14.0 Å². The molecule has 4 aromatic rings. The molecule has 6 nitrogen and oxygen atoms in total. The molecule has 4 rings (SSSR count). The number of fused-ring (bicyclic) bond motifs is 1. The number of rotatable bonds is 6. The lowest BCUT2D eigenvalue weighted by Crippen LogP contribution is -2.22. The van der Waals surface area contributed by atoms with Crippen molar-refractivity contribution in [3.63, 3.8) is 0 Å². The average molecular weight is 454 g/mol. The van der Waals surface area contributed by atoms with Gasteiger partial charge in [0.15, 0.2) is 12.4 Å². The monoisotopic (exact) mass is 453 g/mol. The zero-order chi connectivity index (χ0) is 22.7. The summed E-state index contributed by atoms with van der Waals surface area (Å²) in [6.07, 6.45) is 0. The van der Waals surface area contributed by atoms with Crippen molar-refractivity contribution in [2.24, 2.45) is 0 Å². The molecule has 0 fully saturated rings. The van der Waals surface area contributed by atoms with E-state index in [1.807, 2.05) is 0 Å². The van der Waals surface area contributed by atoms with E-state index in [4.69, 9.17) is 25.5 Å². The van der Waals surface area contributed by atoms with Crippen LogP contribution < -0.4 is 20.2 Å². The second kappa shape index (κ2) is 9.11. The quantitative estimate of drug-likeness (QED) is 0.430. The zero-order valence-corrected chi connectivity index (χ0v) is 17.6. The van der Waals surface area contributed by atoms with Gasteiger partial charge in [0.1, 0.15) is 17.1 Å². The fourth-order valence-electron chi connectivity index (χ4n) is 3.08. The van der Waals surface area contributed by atoms with Crippen molar-refractivity contribution >= 4 is 34.2 Å². The topological polar surface area (TPSA) is 77.8 Å². The van der Waals surface area contributed by atoms with Crippen molar-refractivity contribution < 1.29 is 23.1 Å². The Morgan fingerprint density at radius 3 is 2.47 bits per heavy atom. The van der Waals surface area contributed by atoms with Crippen LogP contribution in [0, 0.1) is 5.82 Å². The summed E-state index contributed by atoms with van der Waals surface area (Å²) in [6, 6.07) is 16.8. The van der Waals surface area contributed by atoms with Gasteiger partial charge >= 0.3 is 0 Å². The van der Waals surface area contributed by atoms with Crippen molar-refractivity contribution in [1.29, 1.82) is 0 Å². The molecule has 0 aliphatic rings. The van der Waals surface area contributed by atoms with Gasteiger partial charge in [-0.3, -0.25) is 9.59 Å². The first-order chi connectivity index (χ1) is 15.4. The molecule has 32 heavy (non-hydrogen) atoms. The van der Waals surface area contributed by atoms with Crippen molar-refractivity contribution in [2.75, 3.05) is 19.0 Å². The van der Waals surface area contributed by atoms with E-state index >= 15 is 0 Å². The Morgan fingerprint density at radius 2 is 1.78 bits per heavy atom. The summed E-state index contributed by atoms with van der Waals surface area (Å²) in [5.41, 5.74) is 0.823. The van der Waals surface area contributed by atoms with Crippen LogP contribution in [0.3, 0.4) is 0 Å². The molecular weight excluding hydrogens is 437 g/mol. The van der Waals surface area contributed by atoms with E-state index in [-0.39, 0.29) is 16.9 Å². The fraction of sp³-hybridized carbons (Fsp3) is 0.0833. The smallest absolute Gasteiger partial charge is 0.262 e. The molecule has 0 spiro atoms. The third-order valence-electron chi connectivity index (χ3n) is 4.64. The number of hydrogen-bond acceptors (Lipinski definition) is 5. The molecule has 8 heteroatoms. The van der Waals surface area contributed by atoms with Crippen LogP contribution in [0.4, 0.5) is 10.1 Å². The molecule has 1 heterocycles. The lowest BCUT2D eigenvalue weighted by molar-refractivity contribution is -0.118. The third kappa shape index (κ3) is 4.58. The second-order valence-electron chi connectivity index (χ2n) is 6.80. The lowest BCUT2D eigenvalue weighted by Gasteiger charge is -2.12. The number of carbonyl (C=O) groups excluding carboxylic acids is 1. The third-order valence-corrected chi connectivity index (χ3v) is 4.87. The van der Waals surface area contributed by atoms with E-state index in [0.717, 1.165) is 0 Å². The summed E-state index contributed by atoms with van der Waals surface area (Å²) in [7, 11) is 1.54. The van der Waals surface area contributed by atoms with Crippen LogP contribution in [0.1, 0.15) is 0 Å². The fourth-order valence-corrected chi connectivity index (χ4v) is 3.25. The summed E-state index contributed by atoms with van der Waals surface area (Å²) < 4.78 is 29.8. The van der Waals surface area contributed by atoms with Crippen LogP contribution in [0.5, 0.6) is 11.5 Å². The predicted molar refractivity (Wildman–Crippen MR) is 120 cm³/mol. The lowest BCUT2D eigenvalue weighted by atomic mass is 10.1. The highest BCUT2D eigenvalue weighted by atomic mass is 35.5. The van der Waals surface area contributed by atoms with Crippen LogP contribution >= 0.6 is 11.6 Å². The highest BCUT2D eigenvalue weighted by Crippen LogP contribution is 2.32. The van der Waals surface area contributed by atoms with Gasteiger partial charge in [-0.15, -0.1) is 0 Å². The van der Waals surface area contributed by atoms with Gasteiger partial charge in [-0.1, -0.05) is 11.6 Å². The number of benzene rings is 3.